The van der Waals surface area contributed by atoms with Gasteiger partial charge in [-0.3, -0.25) is 4.79 Å². The second-order valence-electron chi connectivity index (χ2n) is 5.38. The van der Waals surface area contributed by atoms with Gasteiger partial charge in [0.15, 0.2) is 4.67 Å². The molecule has 0 bridgehead atoms. The third-order valence-electron chi connectivity index (χ3n) is 3.95. The fraction of sp³-hybridized carbons (Fsp3) is 0.643. The molecule has 2 rings (SSSR count). The quantitative estimate of drug-likeness (QED) is 0.855. The van der Waals surface area contributed by atoms with E-state index in [1.165, 1.54) is 6.26 Å². The Morgan fingerprint density at radius 1 is 1.47 bits per heavy atom. The molecule has 1 aromatic rings. The molecular weight excluding hydrogens is 308 g/mol. The lowest BCUT2D eigenvalue weighted by Crippen LogP contribution is -2.47. The molecule has 0 aliphatic carbocycles. The zero-order chi connectivity index (χ0) is 14.0. The largest absolute Gasteiger partial charge is 0.457 e. The second-order valence-corrected chi connectivity index (χ2v) is 6.11. The van der Waals surface area contributed by atoms with E-state index in [0.29, 0.717) is 22.3 Å². The maximum Gasteiger partial charge on any atom is 0.258 e. The van der Waals surface area contributed by atoms with Crippen molar-refractivity contribution in [3.8, 4) is 0 Å². The van der Waals surface area contributed by atoms with E-state index in [4.69, 9.17) is 4.42 Å². The van der Waals surface area contributed by atoms with Crippen LogP contribution in [0.1, 0.15) is 37.0 Å². The van der Waals surface area contributed by atoms with Gasteiger partial charge in [0.05, 0.1) is 11.8 Å². The second kappa shape index (κ2) is 6.09. The summed E-state index contributed by atoms with van der Waals surface area (Å²) in [4.78, 5) is 16.7. The van der Waals surface area contributed by atoms with Crippen molar-refractivity contribution in [3.63, 3.8) is 0 Å². The number of piperidine rings is 1. The smallest absolute Gasteiger partial charge is 0.258 e. The van der Waals surface area contributed by atoms with Gasteiger partial charge in [0, 0.05) is 32.2 Å². The van der Waals surface area contributed by atoms with Crippen LogP contribution in [0.15, 0.2) is 21.4 Å². The van der Waals surface area contributed by atoms with Crippen LogP contribution in [0.25, 0.3) is 0 Å². The number of amides is 1. The summed E-state index contributed by atoms with van der Waals surface area (Å²) in [7, 11) is 1.89. The van der Waals surface area contributed by atoms with Crippen LogP contribution in [-0.4, -0.2) is 47.9 Å². The average molecular weight is 329 g/mol. The van der Waals surface area contributed by atoms with Crippen LogP contribution < -0.4 is 0 Å². The van der Waals surface area contributed by atoms with Crippen molar-refractivity contribution in [1.82, 2.24) is 9.80 Å². The molecule has 19 heavy (non-hydrogen) atoms. The van der Waals surface area contributed by atoms with E-state index in [9.17, 15) is 4.79 Å². The Morgan fingerprint density at radius 3 is 2.58 bits per heavy atom. The molecule has 0 atom stereocenters. The molecular formula is C14H21BrN2O2. The van der Waals surface area contributed by atoms with E-state index in [-0.39, 0.29) is 5.91 Å². The van der Waals surface area contributed by atoms with Crippen LogP contribution in [-0.2, 0) is 0 Å². The maximum atomic E-state index is 12.4. The number of hydrogen-bond acceptors (Lipinski definition) is 3. The Hall–Kier alpha value is -0.810. The van der Waals surface area contributed by atoms with Crippen LogP contribution >= 0.6 is 15.9 Å². The van der Waals surface area contributed by atoms with Crippen LogP contribution in [0, 0.1) is 0 Å². The molecule has 0 spiro atoms. The minimum atomic E-state index is 0.0311. The molecule has 1 amide bonds. The lowest BCUT2D eigenvalue weighted by molar-refractivity contribution is 0.0613. The van der Waals surface area contributed by atoms with Crippen molar-refractivity contribution in [3.05, 3.63) is 22.6 Å². The van der Waals surface area contributed by atoms with Gasteiger partial charge in [-0.15, -0.1) is 0 Å². The minimum absolute atomic E-state index is 0.0311. The summed E-state index contributed by atoms with van der Waals surface area (Å²) >= 11 is 3.27. The molecule has 0 unspecified atom stereocenters. The number of carbonyl (C=O) groups excluding carboxylic acids is 1. The summed E-state index contributed by atoms with van der Waals surface area (Å²) in [5, 5.41) is 0. The molecule has 106 valence electrons. The predicted molar refractivity (Wildman–Crippen MR) is 78.2 cm³/mol. The SMILES string of the molecule is CC(C)N1CCC(N(C)C(=O)c2ccoc2Br)CC1. The molecule has 1 aromatic heterocycles. The molecule has 0 saturated carbocycles. The summed E-state index contributed by atoms with van der Waals surface area (Å²) in [6.45, 7) is 6.56. The summed E-state index contributed by atoms with van der Waals surface area (Å²) in [5.41, 5.74) is 0.605. The Labute approximate surface area is 122 Å². The Bertz CT molecular complexity index is 436. The Kier molecular flexibility index (Phi) is 4.68. The number of rotatable bonds is 3. The van der Waals surface area contributed by atoms with Gasteiger partial charge in [0.1, 0.15) is 0 Å². The molecule has 4 nitrogen and oxygen atoms in total. The van der Waals surface area contributed by atoms with Gasteiger partial charge in [-0.2, -0.15) is 0 Å². The van der Waals surface area contributed by atoms with Crippen molar-refractivity contribution in [2.75, 3.05) is 20.1 Å². The summed E-state index contributed by atoms with van der Waals surface area (Å²) in [5.74, 6) is 0.0311. The fourth-order valence-electron chi connectivity index (χ4n) is 2.59. The number of furan rings is 1. The highest BCUT2D eigenvalue weighted by atomic mass is 79.9. The van der Waals surface area contributed by atoms with E-state index < -0.39 is 0 Å². The van der Waals surface area contributed by atoms with Crippen molar-refractivity contribution < 1.29 is 9.21 Å². The van der Waals surface area contributed by atoms with E-state index in [0.717, 1.165) is 25.9 Å². The lowest BCUT2D eigenvalue weighted by Gasteiger charge is -2.38. The first-order chi connectivity index (χ1) is 9.00. The lowest BCUT2D eigenvalue weighted by atomic mass is 10.0. The standard InChI is InChI=1S/C14H21BrN2O2/c1-10(2)17-7-4-11(5-8-17)16(3)14(18)12-6-9-19-13(12)15/h6,9-11H,4-5,7-8H2,1-3H3. The van der Waals surface area contributed by atoms with Crippen molar-refractivity contribution in [1.29, 1.82) is 0 Å². The molecule has 0 radical (unpaired) electrons. The molecule has 2 heterocycles. The number of nitrogens with zero attached hydrogens (tertiary/aromatic N) is 2. The van der Waals surface area contributed by atoms with Gasteiger partial charge < -0.3 is 14.2 Å². The molecule has 1 saturated heterocycles. The Balaban J connectivity index is 1.96. The van der Waals surface area contributed by atoms with Crippen LogP contribution in [0.2, 0.25) is 0 Å². The van der Waals surface area contributed by atoms with Gasteiger partial charge in [-0.1, -0.05) is 0 Å². The molecule has 0 aromatic carbocycles. The van der Waals surface area contributed by atoms with E-state index in [1.807, 2.05) is 11.9 Å². The van der Waals surface area contributed by atoms with Gasteiger partial charge in [-0.25, -0.2) is 0 Å². The average Bonchev–Trinajstić information content (AvgIpc) is 2.83. The zero-order valence-electron chi connectivity index (χ0n) is 11.7. The van der Waals surface area contributed by atoms with E-state index >= 15 is 0 Å². The highest BCUT2D eigenvalue weighted by Crippen LogP contribution is 2.23. The molecule has 5 heteroatoms. The highest BCUT2D eigenvalue weighted by molar-refractivity contribution is 9.10. The first-order valence-electron chi connectivity index (χ1n) is 6.75. The third kappa shape index (κ3) is 3.20. The van der Waals surface area contributed by atoms with Crippen LogP contribution in [0.3, 0.4) is 0 Å². The van der Waals surface area contributed by atoms with Gasteiger partial charge in [0.25, 0.3) is 5.91 Å². The summed E-state index contributed by atoms with van der Waals surface area (Å²) in [6.07, 6.45) is 3.61. The normalized spacial score (nSPS) is 17.9. The van der Waals surface area contributed by atoms with Gasteiger partial charge in [-0.05, 0) is 48.7 Å². The number of likely N-dealkylation sites (tertiary alicyclic amines) is 1. The van der Waals surface area contributed by atoms with Crippen molar-refractivity contribution >= 4 is 21.8 Å². The fourth-order valence-corrected chi connectivity index (χ4v) is 3.00. The molecule has 1 aliphatic rings. The first kappa shape index (κ1) is 14.6. The minimum Gasteiger partial charge on any atom is -0.457 e. The highest BCUT2D eigenvalue weighted by Gasteiger charge is 2.28. The van der Waals surface area contributed by atoms with Crippen molar-refractivity contribution in [2.45, 2.75) is 38.8 Å². The van der Waals surface area contributed by atoms with Gasteiger partial charge in [0.2, 0.25) is 0 Å². The maximum absolute atomic E-state index is 12.4. The topological polar surface area (TPSA) is 36.7 Å². The monoisotopic (exact) mass is 328 g/mol. The van der Waals surface area contributed by atoms with Crippen LogP contribution in [0.5, 0.6) is 0 Å². The molecule has 0 N–H and O–H groups in total. The Morgan fingerprint density at radius 2 is 2.11 bits per heavy atom. The predicted octanol–water partition coefficient (Wildman–Crippen LogP) is 2.99. The molecule has 1 fully saturated rings. The van der Waals surface area contributed by atoms with E-state index in [1.54, 1.807) is 6.07 Å². The molecule has 1 aliphatic heterocycles. The first-order valence-corrected chi connectivity index (χ1v) is 7.54. The van der Waals surface area contributed by atoms with E-state index in [2.05, 4.69) is 34.7 Å². The number of halogens is 1. The number of carbonyl (C=O) groups is 1. The summed E-state index contributed by atoms with van der Waals surface area (Å²) < 4.78 is 5.65. The van der Waals surface area contributed by atoms with Crippen molar-refractivity contribution in [2.24, 2.45) is 0 Å². The summed E-state index contributed by atoms with van der Waals surface area (Å²) in [6, 6.07) is 2.63. The third-order valence-corrected chi connectivity index (χ3v) is 4.56. The number of hydrogen-bond donors (Lipinski definition) is 0. The zero-order valence-corrected chi connectivity index (χ0v) is 13.3. The van der Waals surface area contributed by atoms with Gasteiger partial charge >= 0.3 is 0 Å². The van der Waals surface area contributed by atoms with Crippen LogP contribution in [0.4, 0.5) is 0 Å².